The number of hydrogen-bond donors (Lipinski definition) is 1. The van der Waals surface area contributed by atoms with Crippen molar-refractivity contribution >= 4 is 28.2 Å². The normalized spacial score (nSPS) is 13.1. The van der Waals surface area contributed by atoms with Gasteiger partial charge in [0.1, 0.15) is 5.00 Å². The molecule has 3 aromatic heterocycles. The van der Waals surface area contributed by atoms with Crippen molar-refractivity contribution in [1.29, 1.82) is 0 Å². The Morgan fingerprint density at radius 1 is 1.23 bits per heavy atom. The molecule has 0 saturated heterocycles. The van der Waals surface area contributed by atoms with Gasteiger partial charge in [0, 0.05) is 35.7 Å². The van der Waals surface area contributed by atoms with Crippen molar-refractivity contribution in [3.8, 4) is 11.4 Å². The monoisotopic (exact) mass is 440 g/mol. The number of ether oxygens (including phenoxy) is 1. The quantitative estimate of drug-likeness (QED) is 0.548. The summed E-state index contributed by atoms with van der Waals surface area (Å²) in [6, 6.07) is 3.58. The highest BCUT2D eigenvalue weighted by Crippen LogP contribution is 2.38. The fourth-order valence-corrected chi connectivity index (χ4v) is 4.82. The van der Waals surface area contributed by atoms with Gasteiger partial charge in [-0.25, -0.2) is 4.79 Å². The van der Waals surface area contributed by atoms with E-state index in [0.717, 1.165) is 41.7 Å². The smallest absolute Gasteiger partial charge is 0.341 e. The number of nitrogens with one attached hydrogen (secondary N) is 1. The van der Waals surface area contributed by atoms with Gasteiger partial charge in [0.2, 0.25) is 17.6 Å². The summed E-state index contributed by atoms with van der Waals surface area (Å²) in [5.41, 5.74) is 2.34. The summed E-state index contributed by atoms with van der Waals surface area (Å²) in [6.45, 7) is 3.64. The number of hydrogen-bond acceptors (Lipinski definition) is 8. The first-order chi connectivity index (χ1) is 15.0. The van der Waals surface area contributed by atoms with Gasteiger partial charge in [-0.2, -0.15) is 4.98 Å². The molecule has 0 bridgehead atoms. The molecule has 0 aliphatic heterocycles. The Kier molecular flexibility index (Phi) is 6.41. The summed E-state index contributed by atoms with van der Waals surface area (Å²) in [7, 11) is 0. The van der Waals surface area contributed by atoms with Crippen LogP contribution in [0.3, 0.4) is 0 Å². The van der Waals surface area contributed by atoms with Crippen molar-refractivity contribution in [2.45, 2.75) is 58.5 Å². The molecule has 0 spiro atoms. The molecule has 3 heterocycles. The molecular weight excluding hydrogens is 416 g/mol. The number of aromatic nitrogens is 3. The number of carbonyl (C=O) groups excluding carboxylic acids is 2. The maximum Gasteiger partial charge on any atom is 0.341 e. The number of carbonyl (C=O) groups is 2. The number of pyridine rings is 1. The average molecular weight is 441 g/mol. The summed E-state index contributed by atoms with van der Waals surface area (Å²) in [5.74, 6) is 0.263. The van der Waals surface area contributed by atoms with Crippen molar-refractivity contribution < 1.29 is 18.8 Å². The Labute approximate surface area is 184 Å². The minimum Gasteiger partial charge on any atom is -0.459 e. The molecule has 0 atom stereocenters. The SMILES string of the molecule is CC(C)OC(=O)c1c(NC(=O)CCc2nc(-c3ccncc3)no2)sc2c1CCCC2. The van der Waals surface area contributed by atoms with Crippen LogP contribution in [0.1, 0.15) is 59.8 Å². The molecule has 1 N–H and O–H groups in total. The molecule has 8 nitrogen and oxygen atoms in total. The number of aryl methyl sites for hydroxylation is 2. The molecule has 0 saturated carbocycles. The van der Waals surface area contributed by atoms with Gasteiger partial charge in [-0.3, -0.25) is 9.78 Å². The Bertz CT molecular complexity index is 1070. The van der Waals surface area contributed by atoms with Gasteiger partial charge in [-0.15, -0.1) is 11.3 Å². The summed E-state index contributed by atoms with van der Waals surface area (Å²) in [5, 5.41) is 7.44. The lowest BCUT2D eigenvalue weighted by Gasteiger charge is -2.14. The first-order valence-corrected chi connectivity index (χ1v) is 11.2. The number of nitrogens with zero attached hydrogens (tertiary/aromatic N) is 3. The van der Waals surface area contributed by atoms with Crippen LogP contribution in [0.5, 0.6) is 0 Å². The van der Waals surface area contributed by atoms with Gasteiger partial charge in [0.25, 0.3) is 0 Å². The van der Waals surface area contributed by atoms with Crippen LogP contribution in [0.4, 0.5) is 5.00 Å². The van der Waals surface area contributed by atoms with Crippen LogP contribution in [0.15, 0.2) is 29.0 Å². The van der Waals surface area contributed by atoms with Crippen LogP contribution in [0, 0.1) is 0 Å². The Hall–Kier alpha value is -3.07. The molecular formula is C22H24N4O4S. The van der Waals surface area contributed by atoms with Gasteiger partial charge in [-0.05, 0) is 57.2 Å². The average Bonchev–Trinajstić information content (AvgIpc) is 3.37. The highest BCUT2D eigenvalue weighted by Gasteiger charge is 2.28. The van der Waals surface area contributed by atoms with Crippen molar-refractivity contribution in [1.82, 2.24) is 15.1 Å². The van der Waals surface area contributed by atoms with Crippen LogP contribution >= 0.6 is 11.3 Å². The standard InChI is InChI=1S/C22H24N4O4S/c1-13(2)29-22(28)19-15-5-3-4-6-16(15)31-21(19)24-17(27)7-8-18-25-20(26-30-18)14-9-11-23-12-10-14/h9-13H,3-8H2,1-2H3,(H,24,27). The summed E-state index contributed by atoms with van der Waals surface area (Å²) >= 11 is 1.48. The first kappa shape index (κ1) is 21.2. The van der Waals surface area contributed by atoms with E-state index in [-0.39, 0.29) is 24.4 Å². The van der Waals surface area contributed by atoms with Gasteiger partial charge < -0.3 is 14.6 Å². The number of fused-ring (bicyclic) bond motifs is 1. The Morgan fingerprint density at radius 2 is 2.00 bits per heavy atom. The molecule has 0 radical (unpaired) electrons. The maximum atomic E-state index is 12.7. The molecule has 1 aliphatic rings. The zero-order valence-corrected chi connectivity index (χ0v) is 18.3. The minimum atomic E-state index is -0.372. The second-order valence-electron chi connectivity index (χ2n) is 7.66. The van der Waals surface area contributed by atoms with E-state index in [1.165, 1.54) is 11.3 Å². The van der Waals surface area contributed by atoms with Gasteiger partial charge in [-0.1, -0.05) is 5.16 Å². The molecule has 9 heteroatoms. The van der Waals surface area contributed by atoms with Crippen molar-refractivity contribution in [3.05, 3.63) is 46.4 Å². The minimum absolute atomic E-state index is 0.166. The first-order valence-electron chi connectivity index (χ1n) is 10.4. The van der Waals surface area contributed by atoms with Crippen LogP contribution in [-0.2, 0) is 28.8 Å². The molecule has 1 amide bonds. The van der Waals surface area contributed by atoms with Crippen molar-refractivity contribution in [3.63, 3.8) is 0 Å². The third-order valence-corrected chi connectivity index (χ3v) is 6.15. The van der Waals surface area contributed by atoms with Crippen LogP contribution in [0.25, 0.3) is 11.4 Å². The number of rotatable bonds is 7. The molecule has 162 valence electrons. The van der Waals surface area contributed by atoms with Crippen LogP contribution < -0.4 is 5.32 Å². The third kappa shape index (κ3) is 4.99. The molecule has 31 heavy (non-hydrogen) atoms. The second-order valence-corrected chi connectivity index (χ2v) is 8.77. The lowest BCUT2D eigenvalue weighted by molar-refractivity contribution is -0.116. The Morgan fingerprint density at radius 3 is 2.77 bits per heavy atom. The van der Waals surface area contributed by atoms with Crippen LogP contribution in [0.2, 0.25) is 0 Å². The highest BCUT2D eigenvalue weighted by molar-refractivity contribution is 7.17. The van der Waals surface area contributed by atoms with Crippen molar-refractivity contribution in [2.75, 3.05) is 5.32 Å². The summed E-state index contributed by atoms with van der Waals surface area (Å²) in [4.78, 5) is 34.8. The van der Waals surface area contributed by atoms with E-state index in [4.69, 9.17) is 9.26 Å². The van der Waals surface area contributed by atoms with E-state index in [1.807, 2.05) is 13.8 Å². The molecule has 0 unspecified atom stereocenters. The zero-order chi connectivity index (χ0) is 21.8. The van der Waals surface area contributed by atoms with Crippen LogP contribution in [-0.4, -0.2) is 33.1 Å². The maximum absolute atomic E-state index is 12.7. The second kappa shape index (κ2) is 9.38. The van der Waals surface area contributed by atoms with Gasteiger partial charge >= 0.3 is 5.97 Å². The van der Waals surface area contributed by atoms with Gasteiger partial charge in [0.15, 0.2) is 0 Å². The van der Waals surface area contributed by atoms with E-state index in [0.29, 0.717) is 28.7 Å². The fraction of sp³-hybridized carbons (Fsp3) is 0.409. The molecule has 1 aliphatic carbocycles. The molecule has 4 rings (SSSR count). The number of amides is 1. The van der Waals surface area contributed by atoms with Gasteiger partial charge in [0.05, 0.1) is 11.7 Å². The van der Waals surface area contributed by atoms with E-state index < -0.39 is 0 Å². The van der Waals surface area contributed by atoms with E-state index in [1.54, 1.807) is 24.5 Å². The van der Waals surface area contributed by atoms with E-state index in [9.17, 15) is 9.59 Å². The largest absolute Gasteiger partial charge is 0.459 e. The lowest BCUT2D eigenvalue weighted by Crippen LogP contribution is -2.18. The third-order valence-electron chi connectivity index (χ3n) is 4.94. The molecule has 0 aromatic carbocycles. The Balaban J connectivity index is 1.43. The predicted molar refractivity (Wildman–Crippen MR) is 116 cm³/mol. The predicted octanol–water partition coefficient (Wildman–Crippen LogP) is 4.21. The summed E-state index contributed by atoms with van der Waals surface area (Å²) in [6.07, 6.45) is 7.46. The van der Waals surface area contributed by atoms with Crippen molar-refractivity contribution in [2.24, 2.45) is 0 Å². The number of thiophene rings is 1. The fourth-order valence-electron chi connectivity index (χ4n) is 3.53. The highest BCUT2D eigenvalue weighted by atomic mass is 32.1. The van der Waals surface area contributed by atoms with E-state index >= 15 is 0 Å². The lowest BCUT2D eigenvalue weighted by atomic mass is 9.95. The topological polar surface area (TPSA) is 107 Å². The zero-order valence-electron chi connectivity index (χ0n) is 17.5. The van der Waals surface area contributed by atoms with E-state index in [2.05, 4.69) is 20.4 Å². The number of esters is 1. The molecule has 0 fully saturated rings. The molecule has 3 aromatic rings. The number of anilines is 1. The summed E-state index contributed by atoms with van der Waals surface area (Å²) < 4.78 is 10.7.